The van der Waals surface area contributed by atoms with Crippen LogP contribution >= 0.6 is 11.6 Å². The van der Waals surface area contributed by atoms with Crippen molar-refractivity contribution >= 4 is 29.2 Å². The molecule has 0 aliphatic rings. The SMILES string of the molecule is CCCOc1ccc([C@H](CC(=O)[O-])NC(=O)c2ccc([N+](=O)[O-])cc2Cl)cc1. The van der Waals surface area contributed by atoms with Crippen LogP contribution in [-0.4, -0.2) is 23.4 Å². The third-order valence-corrected chi connectivity index (χ3v) is 4.15. The first-order chi connectivity index (χ1) is 13.3. The highest BCUT2D eigenvalue weighted by molar-refractivity contribution is 6.34. The number of non-ortho nitro benzene ring substituents is 1. The van der Waals surface area contributed by atoms with Gasteiger partial charge in [0.2, 0.25) is 0 Å². The van der Waals surface area contributed by atoms with E-state index in [-0.39, 0.29) is 16.3 Å². The molecule has 1 amide bonds. The largest absolute Gasteiger partial charge is 0.550 e. The molecule has 0 saturated carbocycles. The van der Waals surface area contributed by atoms with Gasteiger partial charge in [-0.3, -0.25) is 14.9 Å². The molecule has 2 aromatic rings. The van der Waals surface area contributed by atoms with Crippen LogP contribution in [0.4, 0.5) is 5.69 Å². The zero-order valence-corrected chi connectivity index (χ0v) is 15.8. The Morgan fingerprint density at radius 1 is 1.21 bits per heavy atom. The minimum absolute atomic E-state index is 0.00138. The van der Waals surface area contributed by atoms with Crippen molar-refractivity contribution in [3.8, 4) is 5.75 Å². The average molecular weight is 406 g/mol. The summed E-state index contributed by atoms with van der Waals surface area (Å²) in [4.78, 5) is 33.8. The van der Waals surface area contributed by atoms with E-state index in [0.717, 1.165) is 18.6 Å². The van der Waals surface area contributed by atoms with Crippen molar-refractivity contribution in [2.45, 2.75) is 25.8 Å². The Labute approximate surface area is 166 Å². The Kier molecular flexibility index (Phi) is 7.34. The van der Waals surface area contributed by atoms with E-state index in [4.69, 9.17) is 16.3 Å². The van der Waals surface area contributed by atoms with Crippen LogP contribution in [0.5, 0.6) is 5.75 Å². The molecular weight excluding hydrogens is 388 g/mol. The number of aliphatic carboxylic acids is 1. The number of benzene rings is 2. The lowest BCUT2D eigenvalue weighted by molar-refractivity contribution is -0.384. The lowest BCUT2D eigenvalue weighted by Gasteiger charge is -2.20. The number of rotatable bonds is 9. The van der Waals surface area contributed by atoms with Gasteiger partial charge in [-0.25, -0.2) is 0 Å². The molecule has 0 radical (unpaired) electrons. The molecule has 0 unspecified atom stereocenters. The highest BCUT2D eigenvalue weighted by Crippen LogP contribution is 2.25. The van der Waals surface area contributed by atoms with Gasteiger partial charge in [-0.2, -0.15) is 0 Å². The third kappa shape index (κ3) is 5.68. The lowest BCUT2D eigenvalue weighted by atomic mass is 10.0. The molecule has 0 aliphatic carbocycles. The number of carbonyl (C=O) groups is 2. The summed E-state index contributed by atoms with van der Waals surface area (Å²) in [5.74, 6) is -1.37. The number of nitro benzene ring substituents is 1. The fraction of sp³-hybridized carbons (Fsp3) is 0.263. The van der Waals surface area contributed by atoms with Gasteiger partial charge >= 0.3 is 0 Å². The maximum atomic E-state index is 12.5. The van der Waals surface area contributed by atoms with Crippen molar-refractivity contribution in [1.82, 2.24) is 5.32 Å². The number of ether oxygens (including phenoxy) is 1. The topological polar surface area (TPSA) is 122 Å². The van der Waals surface area contributed by atoms with Crippen molar-refractivity contribution in [2.24, 2.45) is 0 Å². The van der Waals surface area contributed by atoms with Crippen LogP contribution < -0.4 is 15.2 Å². The minimum Gasteiger partial charge on any atom is -0.550 e. The lowest BCUT2D eigenvalue weighted by Crippen LogP contribution is -2.34. The second kappa shape index (κ2) is 9.70. The molecule has 0 saturated heterocycles. The van der Waals surface area contributed by atoms with Gasteiger partial charge in [-0.15, -0.1) is 0 Å². The number of nitrogens with zero attached hydrogens (tertiary/aromatic N) is 1. The van der Waals surface area contributed by atoms with Crippen molar-refractivity contribution in [3.63, 3.8) is 0 Å². The molecule has 148 valence electrons. The fourth-order valence-electron chi connectivity index (χ4n) is 2.47. The van der Waals surface area contributed by atoms with Gasteiger partial charge in [0.05, 0.1) is 28.2 Å². The highest BCUT2D eigenvalue weighted by Gasteiger charge is 2.20. The number of carboxylic acids is 1. The van der Waals surface area contributed by atoms with Crippen LogP contribution in [0, 0.1) is 10.1 Å². The molecule has 1 atom stereocenters. The summed E-state index contributed by atoms with van der Waals surface area (Å²) in [7, 11) is 0. The van der Waals surface area contributed by atoms with E-state index in [9.17, 15) is 24.8 Å². The number of hydrogen-bond donors (Lipinski definition) is 1. The molecule has 2 rings (SSSR count). The fourth-order valence-corrected chi connectivity index (χ4v) is 2.73. The maximum Gasteiger partial charge on any atom is 0.270 e. The number of halogens is 1. The summed E-state index contributed by atoms with van der Waals surface area (Å²) in [5, 5.41) is 24.4. The van der Waals surface area contributed by atoms with Gasteiger partial charge in [-0.05, 0) is 30.2 Å². The van der Waals surface area contributed by atoms with Gasteiger partial charge in [0.1, 0.15) is 5.75 Å². The summed E-state index contributed by atoms with van der Waals surface area (Å²) < 4.78 is 5.48. The summed E-state index contributed by atoms with van der Waals surface area (Å²) >= 11 is 5.96. The number of hydrogen-bond acceptors (Lipinski definition) is 6. The summed E-state index contributed by atoms with van der Waals surface area (Å²) in [6.45, 7) is 2.53. The Bertz CT molecular complexity index is 869. The van der Waals surface area contributed by atoms with E-state index in [0.29, 0.717) is 17.9 Å². The minimum atomic E-state index is -1.34. The van der Waals surface area contributed by atoms with E-state index in [1.807, 2.05) is 6.92 Å². The van der Waals surface area contributed by atoms with Gasteiger partial charge < -0.3 is 20.0 Å². The molecule has 0 aliphatic heterocycles. The first kappa shape index (κ1) is 21.2. The zero-order chi connectivity index (χ0) is 20.7. The van der Waals surface area contributed by atoms with Gasteiger partial charge in [-0.1, -0.05) is 30.7 Å². The van der Waals surface area contributed by atoms with Crippen LogP contribution in [0.15, 0.2) is 42.5 Å². The second-order valence-electron chi connectivity index (χ2n) is 5.94. The molecule has 1 N–H and O–H groups in total. The smallest absolute Gasteiger partial charge is 0.270 e. The van der Waals surface area contributed by atoms with E-state index in [1.54, 1.807) is 24.3 Å². The van der Waals surface area contributed by atoms with Crippen LogP contribution in [-0.2, 0) is 4.79 Å². The normalized spacial score (nSPS) is 11.5. The summed E-state index contributed by atoms with van der Waals surface area (Å²) in [6, 6.07) is 9.21. The van der Waals surface area contributed by atoms with Crippen molar-refractivity contribution < 1.29 is 24.4 Å². The van der Waals surface area contributed by atoms with Crippen molar-refractivity contribution in [3.05, 3.63) is 68.7 Å². The number of nitrogens with one attached hydrogen (secondary N) is 1. The standard InChI is InChI=1S/C19H19ClN2O6/c1-2-9-28-14-6-3-12(4-7-14)17(11-18(23)24)21-19(25)15-8-5-13(22(26)27)10-16(15)20/h3-8,10,17H,2,9,11H2,1H3,(H,21,25)(H,23,24)/p-1/t17-/m0/s1. The van der Waals surface area contributed by atoms with Gasteiger partial charge in [0.25, 0.3) is 11.6 Å². The van der Waals surface area contributed by atoms with Crippen LogP contribution in [0.2, 0.25) is 5.02 Å². The molecule has 0 bridgehead atoms. The molecule has 9 heteroatoms. The molecular formula is C19H18ClN2O6-. The zero-order valence-electron chi connectivity index (χ0n) is 15.0. The van der Waals surface area contributed by atoms with E-state index in [2.05, 4.69) is 5.32 Å². The Balaban J connectivity index is 2.20. The molecule has 8 nitrogen and oxygen atoms in total. The predicted molar refractivity (Wildman–Crippen MR) is 100 cm³/mol. The maximum absolute atomic E-state index is 12.5. The summed E-state index contributed by atoms with van der Waals surface area (Å²) in [5.41, 5.74) is 0.286. The first-order valence-electron chi connectivity index (χ1n) is 8.49. The van der Waals surface area contributed by atoms with E-state index in [1.165, 1.54) is 6.07 Å². The third-order valence-electron chi connectivity index (χ3n) is 3.84. The number of amides is 1. The van der Waals surface area contributed by atoms with Crippen molar-refractivity contribution in [2.75, 3.05) is 6.61 Å². The number of carbonyl (C=O) groups excluding carboxylic acids is 2. The molecule has 28 heavy (non-hydrogen) atoms. The highest BCUT2D eigenvalue weighted by atomic mass is 35.5. The van der Waals surface area contributed by atoms with Crippen molar-refractivity contribution in [1.29, 1.82) is 0 Å². The number of carboxylic acid groups (broad SMARTS) is 1. The molecule has 2 aromatic carbocycles. The van der Waals surface area contributed by atoms with Crippen LogP contribution in [0.1, 0.15) is 41.7 Å². The molecule has 0 heterocycles. The van der Waals surface area contributed by atoms with E-state index < -0.39 is 29.3 Å². The monoisotopic (exact) mass is 405 g/mol. The Morgan fingerprint density at radius 2 is 1.89 bits per heavy atom. The first-order valence-corrected chi connectivity index (χ1v) is 8.87. The van der Waals surface area contributed by atoms with E-state index >= 15 is 0 Å². The van der Waals surface area contributed by atoms with Crippen LogP contribution in [0.3, 0.4) is 0 Å². The Hall–Kier alpha value is -3.13. The molecule has 0 fully saturated rings. The second-order valence-corrected chi connectivity index (χ2v) is 6.35. The summed E-state index contributed by atoms with van der Waals surface area (Å²) in [6.07, 6.45) is 0.395. The number of nitro groups is 1. The Morgan fingerprint density at radius 3 is 2.43 bits per heavy atom. The average Bonchev–Trinajstić information content (AvgIpc) is 2.65. The quantitative estimate of drug-likeness (QED) is 0.505. The van der Waals surface area contributed by atoms with Gasteiger partial charge in [0.15, 0.2) is 0 Å². The van der Waals surface area contributed by atoms with Gasteiger partial charge in [0, 0.05) is 24.5 Å². The molecule has 0 aromatic heterocycles. The predicted octanol–water partition coefficient (Wildman–Crippen LogP) is 2.65. The molecule has 0 spiro atoms. The van der Waals surface area contributed by atoms with Crippen LogP contribution in [0.25, 0.3) is 0 Å².